The number of benzene rings is 1. The maximum atomic E-state index is 12.4. The smallest absolute Gasteiger partial charge is 0.181 e. The van der Waals surface area contributed by atoms with Crippen molar-refractivity contribution in [2.75, 3.05) is 13.1 Å². The predicted molar refractivity (Wildman–Crippen MR) is 73.6 cm³/mol. The molecular weight excluding hydrogens is 246 g/mol. The van der Waals surface area contributed by atoms with Gasteiger partial charge in [-0.15, -0.1) is 0 Å². The van der Waals surface area contributed by atoms with E-state index in [2.05, 4.69) is 19.2 Å². The van der Waals surface area contributed by atoms with Crippen LogP contribution in [-0.2, 0) is 9.84 Å². The highest BCUT2D eigenvalue weighted by Crippen LogP contribution is 2.24. The average Bonchev–Trinajstić information content (AvgIpc) is 2.40. The van der Waals surface area contributed by atoms with Gasteiger partial charge in [0.25, 0.3) is 0 Å². The standard InChI is InChI=1S/C14H21NO2S/c1-11(2)12-3-5-13(6-4-12)18(16,17)14-7-9-15-10-8-14/h3-6,11,14-15H,7-10H2,1-2H3. The third-order valence-electron chi connectivity index (χ3n) is 3.60. The molecule has 1 aromatic rings. The third-order valence-corrected chi connectivity index (χ3v) is 5.88. The molecule has 0 aliphatic carbocycles. The molecule has 1 N–H and O–H groups in total. The Morgan fingerprint density at radius 1 is 1.11 bits per heavy atom. The summed E-state index contributed by atoms with van der Waals surface area (Å²) in [6.07, 6.45) is 1.43. The van der Waals surface area contributed by atoms with E-state index in [0.29, 0.717) is 23.7 Å². The zero-order chi connectivity index (χ0) is 13.2. The summed E-state index contributed by atoms with van der Waals surface area (Å²) < 4.78 is 24.9. The van der Waals surface area contributed by atoms with Gasteiger partial charge in [-0.1, -0.05) is 26.0 Å². The quantitative estimate of drug-likeness (QED) is 0.914. The van der Waals surface area contributed by atoms with E-state index in [1.54, 1.807) is 12.1 Å². The number of piperidine rings is 1. The van der Waals surface area contributed by atoms with Crippen LogP contribution in [0.3, 0.4) is 0 Å². The van der Waals surface area contributed by atoms with Gasteiger partial charge in [-0.2, -0.15) is 0 Å². The Bertz CT molecular complexity index is 485. The van der Waals surface area contributed by atoms with E-state index in [4.69, 9.17) is 0 Å². The van der Waals surface area contributed by atoms with Crippen molar-refractivity contribution in [3.05, 3.63) is 29.8 Å². The molecule has 3 nitrogen and oxygen atoms in total. The first-order valence-electron chi connectivity index (χ1n) is 6.56. The molecule has 1 saturated heterocycles. The number of nitrogens with one attached hydrogen (secondary N) is 1. The molecular formula is C14H21NO2S. The lowest BCUT2D eigenvalue weighted by molar-refractivity contribution is 0.496. The van der Waals surface area contributed by atoms with Gasteiger partial charge >= 0.3 is 0 Å². The summed E-state index contributed by atoms with van der Waals surface area (Å²) in [6, 6.07) is 7.37. The summed E-state index contributed by atoms with van der Waals surface area (Å²) in [5.41, 5.74) is 1.18. The SMILES string of the molecule is CC(C)c1ccc(S(=O)(=O)C2CCNCC2)cc1. The minimum Gasteiger partial charge on any atom is -0.317 e. The first-order valence-corrected chi connectivity index (χ1v) is 8.11. The lowest BCUT2D eigenvalue weighted by atomic mass is 10.0. The van der Waals surface area contributed by atoms with E-state index in [-0.39, 0.29) is 5.25 Å². The molecule has 0 amide bonds. The highest BCUT2D eigenvalue weighted by molar-refractivity contribution is 7.92. The van der Waals surface area contributed by atoms with Gasteiger partial charge < -0.3 is 5.32 Å². The summed E-state index contributed by atoms with van der Waals surface area (Å²) in [4.78, 5) is 0.471. The average molecular weight is 267 g/mol. The molecule has 0 atom stereocenters. The highest BCUT2D eigenvalue weighted by atomic mass is 32.2. The van der Waals surface area contributed by atoms with Crippen LogP contribution in [0.2, 0.25) is 0 Å². The Morgan fingerprint density at radius 3 is 2.17 bits per heavy atom. The van der Waals surface area contributed by atoms with Gasteiger partial charge in [0.2, 0.25) is 0 Å². The number of hydrogen-bond acceptors (Lipinski definition) is 3. The lowest BCUT2D eigenvalue weighted by Crippen LogP contribution is -2.35. The highest BCUT2D eigenvalue weighted by Gasteiger charge is 2.28. The van der Waals surface area contributed by atoms with E-state index in [1.807, 2.05) is 12.1 Å². The van der Waals surface area contributed by atoms with Crippen molar-refractivity contribution in [1.29, 1.82) is 0 Å². The van der Waals surface area contributed by atoms with E-state index in [1.165, 1.54) is 5.56 Å². The Kier molecular flexibility index (Phi) is 4.07. The Labute approximate surface area is 110 Å². The second-order valence-electron chi connectivity index (χ2n) is 5.22. The van der Waals surface area contributed by atoms with Crippen molar-refractivity contribution in [3.63, 3.8) is 0 Å². The van der Waals surface area contributed by atoms with Gasteiger partial charge in [0.15, 0.2) is 9.84 Å². The normalized spacial score (nSPS) is 18.2. The van der Waals surface area contributed by atoms with E-state index < -0.39 is 9.84 Å². The van der Waals surface area contributed by atoms with Crippen molar-refractivity contribution in [3.8, 4) is 0 Å². The first kappa shape index (κ1) is 13.6. The van der Waals surface area contributed by atoms with Crippen molar-refractivity contribution in [2.24, 2.45) is 0 Å². The molecule has 0 aromatic heterocycles. The van der Waals surface area contributed by atoms with Crippen LogP contribution in [0, 0.1) is 0 Å². The van der Waals surface area contributed by atoms with Gasteiger partial charge in [0.1, 0.15) is 0 Å². The topological polar surface area (TPSA) is 46.2 Å². The van der Waals surface area contributed by atoms with Crippen molar-refractivity contribution in [1.82, 2.24) is 5.32 Å². The summed E-state index contributed by atoms with van der Waals surface area (Å²) in [5, 5.41) is 2.98. The molecule has 0 spiro atoms. The summed E-state index contributed by atoms with van der Waals surface area (Å²) in [6.45, 7) is 5.81. The van der Waals surface area contributed by atoms with Crippen LogP contribution in [0.1, 0.15) is 38.2 Å². The molecule has 0 saturated carbocycles. The second kappa shape index (κ2) is 5.41. The van der Waals surface area contributed by atoms with E-state index >= 15 is 0 Å². The van der Waals surface area contributed by atoms with Crippen LogP contribution in [0.15, 0.2) is 29.2 Å². The molecule has 1 aliphatic heterocycles. The minimum absolute atomic E-state index is 0.219. The van der Waals surface area contributed by atoms with E-state index in [0.717, 1.165) is 13.1 Å². The van der Waals surface area contributed by atoms with Crippen LogP contribution in [0.4, 0.5) is 0 Å². The summed E-state index contributed by atoms with van der Waals surface area (Å²) in [5.74, 6) is 0.431. The fourth-order valence-corrected chi connectivity index (χ4v) is 4.10. The van der Waals surface area contributed by atoms with Gasteiger partial charge in [-0.05, 0) is 49.5 Å². The fourth-order valence-electron chi connectivity index (χ4n) is 2.34. The van der Waals surface area contributed by atoms with Crippen LogP contribution in [0.25, 0.3) is 0 Å². The Hall–Kier alpha value is -0.870. The monoisotopic (exact) mass is 267 g/mol. The van der Waals surface area contributed by atoms with Crippen LogP contribution < -0.4 is 5.32 Å². The van der Waals surface area contributed by atoms with Crippen LogP contribution in [-0.4, -0.2) is 26.8 Å². The zero-order valence-electron chi connectivity index (χ0n) is 11.0. The van der Waals surface area contributed by atoms with Crippen molar-refractivity contribution in [2.45, 2.75) is 42.8 Å². The number of rotatable bonds is 3. The Morgan fingerprint density at radius 2 is 1.67 bits per heavy atom. The minimum atomic E-state index is -3.14. The summed E-state index contributed by atoms with van der Waals surface area (Å²) in [7, 11) is -3.14. The molecule has 4 heteroatoms. The lowest BCUT2D eigenvalue weighted by Gasteiger charge is -2.22. The molecule has 18 heavy (non-hydrogen) atoms. The number of hydrogen-bond donors (Lipinski definition) is 1. The number of sulfone groups is 1. The van der Waals surface area contributed by atoms with Gasteiger partial charge in [-0.25, -0.2) is 8.42 Å². The molecule has 100 valence electrons. The fraction of sp³-hybridized carbons (Fsp3) is 0.571. The maximum absolute atomic E-state index is 12.4. The van der Waals surface area contributed by atoms with Gasteiger partial charge in [0.05, 0.1) is 10.1 Å². The summed E-state index contributed by atoms with van der Waals surface area (Å²) >= 11 is 0. The predicted octanol–water partition coefficient (Wildman–Crippen LogP) is 2.34. The van der Waals surface area contributed by atoms with Gasteiger partial charge in [0, 0.05) is 0 Å². The zero-order valence-corrected chi connectivity index (χ0v) is 11.8. The maximum Gasteiger partial charge on any atom is 0.181 e. The van der Waals surface area contributed by atoms with Crippen LogP contribution >= 0.6 is 0 Å². The van der Waals surface area contributed by atoms with Crippen LogP contribution in [0.5, 0.6) is 0 Å². The molecule has 2 rings (SSSR count). The van der Waals surface area contributed by atoms with E-state index in [9.17, 15) is 8.42 Å². The molecule has 0 radical (unpaired) electrons. The molecule has 0 bridgehead atoms. The van der Waals surface area contributed by atoms with Crippen molar-refractivity contribution >= 4 is 9.84 Å². The molecule has 1 fully saturated rings. The first-order chi connectivity index (χ1) is 8.51. The molecule has 1 heterocycles. The van der Waals surface area contributed by atoms with Gasteiger partial charge in [-0.3, -0.25) is 0 Å². The second-order valence-corrected chi connectivity index (χ2v) is 7.45. The van der Waals surface area contributed by atoms with Crippen molar-refractivity contribution < 1.29 is 8.42 Å². The largest absolute Gasteiger partial charge is 0.317 e. The Balaban J connectivity index is 2.23. The molecule has 0 unspecified atom stereocenters. The third kappa shape index (κ3) is 2.75. The molecule has 1 aromatic carbocycles. The molecule has 1 aliphatic rings.